The molecule has 1 aliphatic heterocycles. The Morgan fingerprint density at radius 2 is 1.86 bits per heavy atom. The predicted molar refractivity (Wildman–Crippen MR) is 86.0 cm³/mol. The van der Waals surface area contributed by atoms with E-state index >= 15 is 0 Å². The van der Waals surface area contributed by atoms with Crippen LogP contribution in [0.25, 0.3) is 10.9 Å². The molecule has 0 aliphatic carbocycles. The van der Waals surface area contributed by atoms with Crippen LogP contribution in [0.4, 0.5) is 0 Å². The van der Waals surface area contributed by atoms with Gasteiger partial charge < -0.3 is 9.30 Å². The fourth-order valence-corrected chi connectivity index (χ4v) is 3.25. The van der Waals surface area contributed by atoms with Gasteiger partial charge >= 0.3 is 0 Å². The van der Waals surface area contributed by atoms with E-state index in [9.17, 15) is 0 Å². The summed E-state index contributed by atoms with van der Waals surface area (Å²) < 4.78 is 8.39. The molecule has 0 bridgehead atoms. The molecule has 0 saturated heterocycles. The maximum atomic E-state index is 6.09. The molecule has 106 valence electrons. The van der Waals surface area contributed by atoms with Crippen molar-refractivity contribution in [1.82, 2.24) is 4.57 Å². The number of ether oxygens (including phenoxy) is 1. The highest BCUT2D eigenvalue weighted by Gasteiger charge is 2.23. The number of hydrogen-bond donors (Lipinski definition) is 0. The van der Waals surface area contributed by atoms with E-state index in [2.05, 4.69) is 67.1 Å². The van der Waals surface area contributed by atoms with Crippen LogP contribution in [0.3, 0.4) is 0 Å². The molecule has 0 amide bonds. The summed E-state index contributed by atoms with van der Waals surface area (Å²) in [5.41, 5.74) is 5.24. The first-order valence-corrected chi connectivity index (χ1v) is 7.51. The Morgan fingerprint density at radius 1 is 1.05 bits per heavy atom. The lowest BCUT2D eigenvalue weighted by Gasteiger charge is -2.13. The first-order valence-electron chi connectivity index (χ1n) is 7.51. The molecule has 1 aromatic heterocycles. The summed E-state index contributed by atoms with van der Waals surface area (Å²) in [5, 5.41) is 1.31. The third-order valence-electron chi connectivity index (χ3n) is 4.28. The van der Waals surface area contributed by atoms with E-state index in [0.29, 0.717) is 0 Å². The number of fused-ring (bicyclic) bond motifs is 2. The van der Waals surface area contributed by atoms with Crippen molar-refractivity contribution in [3.05, 3.63) is 65.4 Å². The van der Waals surface area contributed by atoms with Crippen LogP contribution in [0.1, 0.15) is 16.7 Å². The number of benzene rings is 2. The van der Waals surface area contributed by atoms with Crippen molar-refractivity contribution < 1.29 is 4.74 Å². The Hall–Kier alpha value is -2.22. The third kappa shape index (κ3) is 2.21. The van der Waals surface area contributed by atoms with Crippen molar-refractivity contribution in [1.29, 1.82) is 0 Å². The number of hydrogen-bond acceptors (Lipinski definition) is 1. The average molecular weight is 277 g/mol. The van der Waals surface area contributed by atoms with Gasteiger partial charge in [0.15, 0.2) is 0 Å². The van der Waals surface area contributed by atoms with Gasteiger partial charge in [-0.3, -0.25) is 0 Å². The minimum Gasteiger partial charge on any atom is -0.488 e. The second-order valence-electron chi connectivity index (χ2n) is 6.09. The monoisotopic (exact) mass is 277 g/mol. The lowest BCUT2D eigenvalue weighted by Crippen LogP contribution is -2.20. The zero-order chi connectivity index (χ0) is 14.4. The maximum absolute atomic E-state index is 6.09. The second-order valence-corrected chi connectivity index (χ2v) is 6.09. The van der Waals surface area contributed by atoms with Crippen LogP contribution in [0.15, 0.2) is 48.7 Å². The minimum absolute atomic E-state index is 0.235. The molecular weight excluding hydrogens is 258 g/mol. The predicted octanol–water partition coefficient (Wildman–Crippen LogP) is 4.26. The fourth-order valence-electron chi connectivity index (χ4n) is 3.25. The number of rotatable bonds is 2. The van der Waals surface area contributed by atoms with Gasteiger partial charge in [0.2, 0.25) is 0 Å². The molecular formula is C19H19NO. The fraction of sp³-hybridized carbons (Fsp3) is 0.263. The molecule has 0 radical (unpaired) electrons. The molecule has 1 atom stereocenters. The summed E-state index contributed by atoms with van der Waals surface area (Å²) >= 11 is 0. The summed E-state index contributed by atoms with van der Waals surface area (Å²) in [7, 11) is 0. The van der Waals surface area contributed by atoms with Gasteiger partial charge in [0.1, 0.15) is 11.9 Å². The van der Waals surface area contributed by atoms with Crippen LogP contribution in [-0.2, 0) is 13.0 Å². The Balaban J connectivity index is 1.59. The van der Waals surface area contributed by atoms with Crippen LogP contribution >= 0.6 is 0 Å². The zero-order valence-electron chi connectivity index (χ0n) is 12.5. The van der Waals surface area contributed by atoms with Crippen molar-refractivity contribution in [3.8, 4) is 5.75 Å². The molecule has 0 fully saturated rings. The van der Waals surface area contributed by atoms with Gasteiger partial charge in [0, 0.05) is 18.1 Å². The summed E-state index contributed by atoms with van der Waals surface area (Å²) in [6, 6.07) is 15.3. The molecule has 0 spiro atoms. The van der Waals surface area contributed by atoms with Crippen molar-refractivity contribution >= 4 is 10.9 Å². The van der Waals surface area contributed by atoms with Crippen LogP contribution < -0.4 is 4.74 Å². The molecule has 2 nitrogen and oxygen atoms in total. The molecule has 2 heteroatoms. The van der Waals surface area contributed by atoms with Crippen molar-refractivity contribution in [2.24, 2.45) is 0 Å². The van der Waals surface area contributed by atoms with Gasteiger partial charge in [-0.2, -0.15) is 0 Å². The summed E-state index contributed by atoms with van der Waals surface area (Å²) in [4.78, 5) is 0. The van der Waals surface area contributed by atoms with Crippen LogP contribution in [0.5, 0.6) is 5.75 Å². The van der Waals surface area contributed by atoms with Gasteiger partial charge in [-0.1, -0.05) is 29.3 Å². The normalized spacial score (nSPS) is 17.0. The summed E-state index contributed by atoms with van der Waals surface area (Å²) in [6.07, 6.45) is 3.41. The first kappa shape index (κ1) is 12.5. The Labute approximate surface area is 125 Å². The largest absolute Gasteiger partial charge is 0.488 e. The quantitative estimate of drug-likeness (QED) is 0.682. The highest BCUT2D eigenvalue weighted by Crippen LogP contribution is 2.30. The average Bonchev–Trinajstić information content (AvgIpc) is 3.02. The smallest absolute Gasteiger partial charge is 0.123 e. The zero-order valence-corrected chi connectivity index (χ0v) is 12.5. The van der Waals surface area contributed by atoms with E-state index in [1.165, 1.54) is 27.6 Å². The molecule has 1 aliphatic rings. The SMILES string of the molecule is Cc1ccc2c(c1)CC(Cn1ccc3cc(C)ccc31)O2. The molecule has 0 N–H and O–H groups in total. The Kier molecular flexibility index (Phi) is 2.78. The molecule has 0 saturated carbocycles. The lowest BCUT2D eigenvalue weighted by molar-refractivity contribution is 0.211. The minimum atomic E-state index is 0.235. The molecule has 1 unspecified atom stereocenters. The van der Waals surface area contributed by atoms with Gasteiger partial charge in [0.05, 0.1) is 6.54 Å². The molecule has 2 aromatic carbocycles. The summed E-state index contributed by atoms with van der Waals surface area (Å²) in [5.74, 6) is 1.05. The number of aryl methyl sites for hydroxylation is 2. The standard InChI is InChI=1S/C19H19NO/c1-13-3-5-18-15(9-13)7-8-20(18)12-17-11-16-10-14(2)4-6-19(16)21-17/h3-10,17H,11-12H2,1-2H3. The van der Waals surface area contributed by atoms with Gasteiger partial charge in [-0.15, -0.1) is 0 Å². The topological polar surface area (TPSA) is 14.2 Å². The lowest BCUT2D eigenvalue weighted by atomic mass is 10.1. The van der Waals surface area contributed by atoms with Crippen LogP contribution in [0.2, 0.25) is 0 Å². The first-order chi connectivity index (χ1) is 10.2. The van der Waals surface area contributed by atoms with E-state index in [4.69, 9.17) is 4.74 Å². The number of nitrogens with zero attached hydrogens (tertiary/aromatic N) is 1. The van der Waals surface area contributed by atoms with E-state index < -0.39 is 0 Å². The van der Waals surface area contributed by atoms with Crippen LogP contribution in [-0.4, -0.2) is 10.7 Å². The highest BCUT2D eigenvalue weighted by molar-refractivity contribution is 5.80. The van der Waals surface area contributed by atoms with Crippen molar-refractivity contribution in [3.63, 3.8) is 0 Å². The Bertz CT molecular complexity index is 816. The van der Waals surface area contributed by atoms with E-state index in [1.54, 1.807) is 0 Å². The van der Waals surface area contributed by atoms with Crippen molar-refractivity contribution in [2.45, 2.75) is 32.9 Å². The number of aromatic nitrogens is 1. The molecule has 3 aromatic rings. The third-order valence-corrected chi connectivity index (χ3v) is 4.28. The maximum Gasteiger partial charge on any atom is 0.123 e. The van der Waals surface area contributed by atoms with Gasteiger partial charge in [0.25, 0.3) is 0 Å². The molecule has 21 heavy (non-hydrogen) atoms. The van der Waals surface area contributed by atoms with E-state index in [1.807, 2.05) is 0 Å². The second kappa shape index (κ2) is 4.66. The molecule has 2 heterocycles. The van der Waals surface area contributed by atoms with E-state index in [0.717, 1.165) is 18.7 Å². The Morgan fingerprint density at radius 3 is 2.76 bits per heavy atom. The summed E-state index contributed by atoms with van der Waals surface area (Å²) in [6.45, 7) is 5.17. The van der Waals surface area contributed by atoms with Crippen LogP contribution in [0, 0.1) is 13.8 Å². The van der Waals surface area contributed by atoms with Gasteiger partial charge in [-0.25, -0.2) is 0 Å². The van der Waals surface area contributed by atoms with Gasteiger partial charge in [-0.05, 0) is 49.1 Å². The highest BCUT2D eigenvalue weighted by atomic mass is 16.5. The molecule has 4 rings (SSSR count). The van der Waals surface area contributed by atoms with Crippen molar-refractivity contribution in [2.75, 3.05) is 0 Å². The van der Waals surface area contributed by atoms with E-state index in [-0.39, 0.29) is 6.10 Å².